The largest absolute Gasteiger partial charge is 0.351 e. The lowest BCUT2D eigenvalue weighted by Crippen LogP contribution is -2.37. The Labute approximate surface area is 116 Å². The van der Waals surface area contributed by atoms with Crippen molar-refractivity contribution in [2.75, 3.05) is 19.6 Å². The molecule has 96 valence electrons. The van der Waals surface area contributed by atoms with Crippen molar-refractivity contribution in [3.8, 4) is 0 Å². The van der Waals surface area contributed by atoms with Crippen LogP contribution in [0.15, 0.2) is 11.4 Å². The predicted molar refractivity (Wildman–Crippen MR) is 74.5 cm³/mol. The minimum atomic E-state index is -0.0504. The first kappa shape index (κ1) is 14.8. The molecule has 1 aliphatic rings. The van der Waals surface area contributed by atoms with Crippen LogP contribution in [-0.2, 0) is 0 Å². The van der Waals surface area contributed by atoms with Crippen molar-refractivity contribution >= 4 is 41.3 Å². The predicted octanol–water partition coefficient (Wildman–Crippen LogP) is 2.55. The lowest BCUT2D eigenvalue weighted by Gasteiger charge is -2.22. The number of piperidine rings is 1. The summed E-state index contributed by atoms with van der Waals surface area (Å²) < 4.78 is 0. The summed E-state index contributed by atoms with van der Waals surface area (Å²) in [6, 6.07) is 1.75. The fourth-order valence-electron chi connectivity index (χ4n) is 1.87. The normalized spacial score (nSPS) is 19.5. The van der Waals surface area contributed by atoms with Gasteiger partial charge in [0.05, 0.1) is 5.02 Å². The second-order valence-corrected chi connectivity index (χ2v) is 5.34. The number of hydrogen-bond acceptors (Lipinski definition) is 3. The highest BCUT2D eigenvalue weighted by molar-refractivity contribution is 7.12. The number of halogens is 2. The van der Waals surface area contributed by atoms with Crippen LogP contribution in [0.1, 0.15) is 22.5 Å². The van der Waals surface area contributed by atoms with Gasteiger partial charge in [0.2, 0.25) is 0 Å². The van der Waals surface area contributed by atoms with Gasteiger partial charge in [-0.15, -0.1) is 23.7 Å². The first-order chi connectivity index (χ1) is 7.77. The third-order valence-electron chi connectivity index (χ3n) is 2.77. The summed E-state index contributed by atoms with van der Waals surface area (Å²) in [4.78, 5) is 12.4. The van der Waals surface area contributed by atoms with Gasteiger partial charge < -0.3 is 10.6 Å². The summed E-state index contributed by atoms with van der Waals surface area (Å²) in [5.41, 5.74) is 0. The number of carbonyl (C=O) groups excluding carboxylic acids is 1. The molecule has 17 heavy (non-hydrogen) atoms. The number of hydrogen-bond donors (Lipinski definition) is 2. The van der Waals surface area contributed by atoms with E-state index < -0.39 is 0 Å². The van der Waals surface area contributed by atoms with Gasteiger partial charge in [0.25, 0.3) is 5.91 Å². The van der Waals surface area contributed by atoms with Crippen LogP contribution in [0.5, 0.6) is 0 Å². The lowest BCUT2D eigenvalue weighted by atomic mass is 10.00. The minimum Gasteiger partial charge on any atom is -0.351 e. The van der Waals surface area contributed by atoms with E-state index in [4.69, 9.17) is 11.6 Å². The van der Waals surface area contributed by atoms with Crippen molar-refractivity contribution in [3.63, 3.8) is 0 Å². The average Bonchev–Trinajstić information content (AvgIpc) is 2.74. The minimum absolute atomic E-state index is 0. The van der Waals surface area contributed by atoms with E-state index in [0.29, 0.717) is 15.8 Å². The fraction of sp³-hybridized carbons (Fsp3) is 0.545. The zero-order chi connectivity index (χ0) is 11.4. The summed E-state index contributed by atoms with van der Waals surface area (Å²) in [5.74, 6) is 0.502. The molecule has 0 bridgehead atoms. The van der Waals surface area contributed by atoms with Gasteiger partial charge in [-0.05, 0) is 43.3 Å². The third-order valence-corrected chi connectivity index (χ3v) is 4.11. The molecule has 0 aromatic carbocycles. The molecule has 0 radical (unpaired) electrons. The maximum absolute atomic E-state index is 11.8. The average molecular weight is 295 g/mol. The van der Waals surface area contributed by atoms with Gasteiger partial charge in [0, 0.05) is 6.54 Å². The Bertz CT molecular complexity index is 364. The van der Waals surface area contributed by atoms with Crippen LogP contribution in [0.25, 0.3) is 0 Å². The first-order valence-corrected chi connectivity index (χ1v) is 6.75. The third kappa shape index (κ3) is 4.14. The van der Waals surface area contributed by atoms with E-state index in [1.807, 2.05) is 5.38 Å². The first-order valence-electron chi connectivity index (χ1n) is 5.49. The summed E-state index contributed by atoms with van der Waals surface area (Å²) in [5, 5.41) is 8.65. The molecule has 1 atom stereocenters. The van der Waals surface area contributed by atoms with Crippen molar-refractivity contribution in [2.45, 2.75) is 12.8 Å². The van der Waals surface area contributed by atoms with Crippen molar-refractivity contribution in [3.05, 3.63) is 21.3 Å². The fourth-order valence-corrected chi connectivity index (χ4v) is 2.93. The number of thiophene rings is 1. The van der Waals surface area contributed by atoms with Crippen LogP contribution >= 0.6 is 35.3 Å². The molecule has 2 N–H and O–H groups in total. The van der Waals surface area contributed by atoms with E-state index in [2.05, 4.69) is 10.6 Å². The SMILES string of the molecule is Cl.O=C(NCC1CCCNC1)c1sccc1Cl. The molecule has 1 aromatic rings. The van der Waals surface area contributed by atoms with Gasteiger partial charge in [0.15, 0.2) is 0 Å². The molecule has 1 aromatic heterocycles. The van der Waals surface area contributed by atoms with Crippen LogP contribution in [0, 0.1) is 5.92 Å². The highest BCUT2D eigenvalue weighted by Crippen LogP contribution is 2.21. The van der Waals surface area contributed by atoms with Crippen LogP contribution in [0.3, 0.4) is 0 Å². The Hall–Kier alpha value is -0.290. The van der Waals surface area contributed by atoms with Crippen LogP contribution in [0.2, 0.25) is 5.02 Å². The van der Waals surface area contributed by atoms with Crippen molar-refractivity contribution in [2.24, 2.45) is 5.92 Å². The molecule has 1 amide bonds. The van der Waals surface area contributed by atoms with Gasteiger partial charge in [0.1, 0.15) is 4.88 Å². The van der Waals surface area contributed by atoms with E-state index in [1.54, 1.807) is 6.07 Å². The smallest absolute Gasteiger partial charge is 0.262 e. The molecular formula is C11H16Cl2N2OS. The molecule has 2 heterocycles. The van der Waals surface area contributed by atoms with Crippen molar-refractivity contribution < 1.29 is 4.79 Å². The molecule has 0 aliphatic carbocycles. The molecular weight excluding hydrogens is 279 g/mol. The van der Waals surface area contributed by atoms with E-state index in [-0.39, 0.29) is 18.3 Å². The van der Waals surface area contributed by atoms with Crippen LogP contribution in [0.4, 0.5) is 0 Å². The van der Waals surface area contributed by atoms with Gasteiger partial charge in [-0.25, -0.2) is 0 Å². The molecule has 1 fully saturated rings. The molecule has 0 saturated carbocycles. The van der Waals surface area contributed by atoms with Crippen LogP contribution < -0.4 is 10.6 Å². The number of amides is 1. The molecule has 1 saturated heterocycles. The monoisotopic (exact) mass is 294 g/mol. The quantitative estimate of drug-likeness (QED) is 0.900. The summed E-state index contributed by atoms with van der Waals surface area (Å²) in [7, 11) is 0. The second kappa shape index (κ2) is 7.21. The van der Waals surface area contributed by atoms with E-state index in [9.17, 15) is 4.79 Å². The zero-order valence-corrected chi connectivity index (χ0v) is 11.8. The summed E-state index contributed by atoms with van der Waals surface area (Å²) in [6.45, 7) is 2.83. The van der Waals surface area contributed by atoms with E-state index in [0.717, 1.165) is 19.6 Å². The van der Waals surface area contributed by atoms with Gasteiger partial charge >= 0.3 is 0 Å². The molecule has 1 aliphatic heterocycles. The Morgan fingerprint density at radius 3 is 3.06 bits per heavy atom. The topological polar surface area (TPSA) is 41.1 Å². The van der Waals surface area contributed by atoms with E-state index in [1.165, 1.54) is 24.2 Å². The highest BCUT2D eigenvalue weighted by atomic mass is 35.5. The van der Waals surface area contributed by atoms with Gasteiger partial charge in [-0.3, -0.25) is 4.79 Å². The Kier molecular flexibility index (Phi) is 6.27. The van der Waals surface area contributed by atoms with E-state index >= 15 is 0 Å². The van der Waals surface area contributed by atoms with Crippen molar-refractivity contribution in [1.29, 1.82) is 0 Å². The van der Waals surface area contributed by atoms with Gasteiger partial charge in [-0.1, -0.05) is 11.6 Å². The lowest BCUT2D eigenvalue weighted by molar-refractivity contribution is 0.0949. The van der Waals surface area contributed by atoms with Crippen LogP contribution in [-0.4, -0.2) is 25.5 Å². The zero-order valence-electron chi connectivity index (χ0n) is 9.37. The Balaban J connectivity index is 0.00000144. The molecule has 2 rings (SSSR count). The Morgan fingerprint density at radius 2 is 2.47 bits per heavy atom. The number of carbonyl (C=O) groups is 1. The number of rotatable bonds is 3. The summed E-state index contributed by atoms with van der Waals surface area (Å²) in [6.07, 6.45) is 2.38. The molecule has 3 nitrogen and oxygen atoms in total. The highest BCUT2D eigenvalue weighted by Gasteiger charge is 2.16. The second-order valence-electron chi connectivity index (χ2n) is 4.02. The molecule has 6 heteroatoms. The summed E-state index contributed by atoms with van der Waals surface area (Å²) >= 11 is 7.28. The van der Waals surface area contributed by atoms with Crippen molar-refractivity contribution in [1.82, 2.24) is 10.6 Å². The molecule has 1 unspecified atom stereocenters. The number of nitrogens with one attached hydrogen (secondary N) is 2. The Morgan fingerprint density at radius 1 is 1.65 bits per heavy atom. The maximum atomic E-state index is 11.8. The van der Waals surface area contributed by atoms with Gasteiger partial charge in [-0.2, -0.15) is 0 Å². The maximum Gasteiger partial charge on any atom is 0.262 e. The standard InChI is InChI=1S/C11H15ClN2OS.ClH/c12-9-3-5-16-10(9)11(15)14-7-8-2-1-4-13-6-8;/h3,5,8,13H,1-2,4,6-7H2,(H,14,15);1H. The molecule has 0 spiro atoms.